The summed E-state index contributed by atoms with van der Waals surface area (Å²) in [6, 6.07) is 2.03. The first kappa shape index (κ1) is 8.34. The largest absolute Gasteiger partial charge is 0.261 e. The molecule has 2 heteroatoms. The van der Waals surface area contributed by atoms with E-state index in [9.17, 15) is 0 Å². The van der Waals surface area contributed by atoms with E-state index in [1.807, 2.05) is 19.2 Å². The van der Waals surface area contributed by atoms with Crippen molar-refractivity contribution in [2.75, 3.05) is 0 Å². The molecule has 1 rings (SSSR count). The van der Waals surface area contributed by atoms with Crippen LogP contribution in [0.15, 0.2) is 18.8 Å². The molecule has 1 heterocycles. The molecule has 0 aromatic carbocycles. The molecular formula is C9H11NS. The zero-order valence-electron chi connectivity index (χ0n) is 6.54. The fraction of sp³-hybridized carbons (Fsp3) is 0.222. The summed E-state index contributed by atoms with van der Waals surface area (Å²) in [4.78, 5) is 4.15. The third-order valence-corrected chi connectivity index (χ3v) is 1.89. The number of rotatable bonds is 2. The van der Waals surface area contributed by atoms with E-state index in [1.165, 1.54) is 5.56 Å². The Morgan fingerprint density at radius 3 is 3.00 bits per heavy atom. The Morgan fingerprint density at radius 1 is 1.73 bits per heavy atom. The molecule has 0 aliphatic carbocycles. The minimum Gasteiger partial charge on any atom is -0.261 e. The van der Waals surface area contributed by atoms with Gasteiger partial charge in [-0.1, -0.05) is 12.7 Å². The number of hydrogen-bond donors (Lipinski definition) is 1. The van der Waals surface area contributed by atoms with Gasteiger partial charge in [0.1, 0.15) is 0 Å². The van der Waals surface area contributed by atoms with Crippen molar-refractivity contribution in [2.24, 2.45) is 0 Å². The van der Waals surface area contributed by atoms with Gasteiger partial charge in [-0.2, -0.15) is 12.6 Å². The third-order valence-electron chi connectivity index (χ3n) is 1.55. The molecule has 0 bridgehead atoms. The van der Waals surface area contributed by atoms with Gasteiger partial charge in [0.05, 0.1) is 0 Å². The molecule has 0 aliphatic heterocycles. The molecule has 1 aromatic heterocycles. The molecule has 0 saturated heterocycles. The second-order valence-corrected chi connectivity index (χ2v) is 2.70. The van der Waals surface area contributed by atoms with Crippen molar-refractivity contribution in [1.82, 2.24) is 4.98 Å². The van der Waals surface area contributed by atoms with E-state index in [2.05, 4.69) is 24.2 Å². The Hall–Kier alpha value is -0.760. The van der Waals surface area contributed by atoms with E-state index in [-0.39, 0.29) is 0 Å². The highest BCUT2D eigenvalue weighted by molar-refractivity contribution is 7.79. The Balaban J connectivity index is 3.16. The summed E-state index contributed by atoms with van der Waals surface area (Å²) in [6.45, 7) is 5.67. The number of hydrogen-bond acceptors (Lipinski definition) is 2. The Labute approximate surface area is 72.6 Å². The number of aryl methyl sites for hydroxylation is 1. The van der Waals surface area contributed by atoms with Gasteiger partial charge in [-0.25, -0.2) is 0 Å². The van der Waals surface area contributed by atoms with Gasteiger partial charge in [0.2, 0.25) is 0 Å². The molecule has 0 atom stereocenters. The lowest BCUT2D eigenvalue weighted by molar-refractivity contribution is 1.16. The van der Waals surface area contributed by atoms with Crippen LogP contribution in [0.4, 0.5) is 0 Å². The topological polar surface area (TPSA) is 12.9 Å². The van der Waals surface area contributed by atoms with E-state index in [1.54, 1.807) is 6.08 Å². The standard InChI is InChI=1S/C9H11NS/c1-3-8-5-10-7(2)4-9(8)6-11/h3-5,11H,1,6H2,2H3. The van der Waals surface area contributed by atoms with Gasteiger partial charge in [-0.3, -0.25) is 4.98 Å². The van der Waals surface area contributed by atoms with Gasteiger partial charge in [0.25, 0.3) is 0 Å². The van der Waals surface area contributed by atoms with Gasteiger partial charge in [0.15, 0.2) is 0 Å². The molecule has 0 radical (unpaired) electrons. The maximum absolute atomic E-state index is 4.21. The smallest absolute Gasteiger partial charge is 0.0376 e. The quantitative estimate of drug-likeness (QED) is 0.664. The molecule has 0 amide bonds. The minimum absolute atomic E-state index is 0.741. The Bertz CT molecular complexity index is 268. The molecule has 1 nitrogen and oxygen atoms in total. The third kappa shape index (κ3) is 1.84. The normalized spacial score (nSPS) is 9.64. The first-order valence-electron chi connectivity index (χ1n) is 3.46. The van der Waals surface area contributed by atoms with Gasteiger partial charge in [-0.15, -0.1) is 0 Å². The molecule has 1 aromatic rings. The van der Waals surface area contributed by atoms with Gasteiger partial charge < -0.3 is 0 Å². The predicted octanol–water partition coefficient (Wildman–Crippen LogP) is 2.46. The average molecular weight is 165 g/mol. The van der Waals surface area contributed by atoms with E-state index in [0.717, 1.165) is 17.0 Å². The zero-order valence-corrected chi connectivity index (χ0v) is 7.44. The lowest BCUT2D eigenvalue weighted by Gasteiger charge is -2.01. The predicted molar refractivity (Wildman–Crippen MR) is 51.8 cm³/mol. The Morgan fingerprint density at radius 2 is 2.45 bits per heavy atom. The van der Waals surface area contributed by atoms with Crippen LogP contribution in [-0.2, 0) is 5.75 Å². The van der Waals surface area contributed by atoms with E-state index < -0.39 is 0 Å². The molecule has 0 spiro atoms. The summed E-state index contributed by atoms with van der Waals surface area (Å²) in [7, 11) is 0. The first-order valence-corrected chi connectivity index (χ1v) is 4.10. The maximum atomic E-state index is 4.21. The van der Waals surface area contributed by atoms with Crippen molar-refractivity contribution in [3.8, 4) is 0 Å². The molecular weight excluding hydrogens is 154 g/mol. The van der Waals surface area contributed by atoms with Crippen LogP contribution in [0.2, 0.25) is 0 Å². The van der Waals surface area contributed by atoms with Gasteiger partial charge in [-0.05, 0) is 24.1 Å². The fourth-order valence-electron chi connectivity index (χ4n) is 0.948. The van der Waals surface area contributed by atoms with Crippen molar-refractivity contribution >= 4 is 18.7 Å². The van der Waals surface area contributed by atoms with Gasteiger partial charge in [0, 0.05) is 17.6 Å². The van der Waals surface area contributed by atoms with Crippen LogP contribution in [0.25, 0.3) is 6.08 Å². The highest BCUT2D eigenvalue weighted by atomic mass is 32.1. The van der Waals surface area contributed by atoms with E-state index in [0.29, 0.717) is 0 Å². The maximum Gasteiger partial charge on any atom is 0.0376 e. The minimum atomic E-state index is 0.741. The number of thiol groups is 1. The Kier molecular flexibility index (Phi) is 2.71. The summed E-state index contributed by atoms with van der Waals surface area (Å²) in [5, 5.41) is 0. The molecule has 0 N–H and O–H groups in total. The fourth-order valence-corrected chi connectivity index (χ4v) is 1.22. The van der Waals surface area contributed by atoms with Crippen molar-refractivity contribution in [2.45, 2.75) is 12.7 Å². The van der Waals surface area contributed by atoms with Crippen LogP contribution in [0.1, 0.15) is 16.8 Å². The van der Waals surface area contributed by atoms with Crippen LogP contribution in [0.3, 0.4) is 0 Å². The average Bonchev–Trinajstić information content (AvgIpc) is 2.04. The molecule has 0 aliphatic rings. The highest BCUT2D eigenvalue weighted by Gasteiger charge is 1.96. The van der Waals surface area contributed by atoms with Crippen LogP contribution >= 0.6 is 12.6 Å². The second kappa shape index (κ2) is 3.58. The van der Waals surface area contributed by atoms with Crippen molar-refractivity contribution in [3.63, 3.8) is 0 Å². The van der Waals surface area contributed by atoms with Crippen molar-refractivity contribution in [3.05, 3.63) is 35.7 Å². The zero-order chi connectivity index (χ0) is 8.27. The number of nitrogens with zero attached hydrogens (tertiary/aromatic N) is 1. The summed E-state index contributed by atoms with van der Waals surface area (Å²) < 4.78 is 0. The lowest BCUT2D eigenvalue weighted by atomic mass is 10.1. The summed E-state index contributed by atoms with van der Waals surface area (Å²) in [5.74, 6) is 0.741. The molecule has 0 fully saturated rings. The first-order chi connectivity index (χ1) is 5.27. The van der Waals surface area contributed by atoms with Crippen molar-refractivity contribution in [1.29, 1.82) is 0 Å². The SMILES string of the molecule is C=Cc1cnc(C)cc1CS. The van der Waals surface area contributed by atoms with E-state index >= 15 is 0 Å². The lowest BCUT2D eigenvalue weighted by Crippen LogP contribution is -1.89. The second-order valence-electron chi connectivity index (χ2n) is 2.39. The van der Waals surface area contributed by atoms with Crippen LogP contribution < -0.4 is 0 Å². The van der Waals surface area contributed by atoms with Crippen LogP contribution in [-0.4, -0.2) is 4.98 Å². The van der Waals surface area contributed by atoms with Crippen LogP contribution in [0, 0.1) is 6.92 Å². The van der Waals surface area contributed by atoms with Crippen molar-refractivity contribution < 1.29 is 0 Å². The molecule has 11 heavy (non-hydrogen) atoms. The van der Waals surface area contributed by atoms with E-state index in [4.69, 9.17) is 0 Å². The summed E-state index contributed by atoms with van der Waals surface area (Å²) in [5.41, 5.74) is 3.29. The monoisotopic (exact) mass is 165 g/mol. The summed E-state index contributed by atoms with van der Waals surface area (Å²) >= 11 is 4.21. The molecule has 0 unspecified atom stereocenters. The molecule has 0 saturated carbocycles. The number of pyridine rings is 1. The highest BCUT2D eigenvalue weighted by Crippen LogP contribution is 2.12. The summed E-state index contributed by atoms with van der Waals surface area (Å²) in [6.07, 6.45) is 3.63. The van der Waals surface area contributed by atoms with Gasteiger partial charge >= 0.3 is 0 Å². The number of aromatic nitrogens is 1. The van der Waals surface area contributed by atoms with Crippen LogP contribution in [0.5, 0.6) is 0 Å². The molecule has 58 valence electrons.